The molecule has 28 heavy (non-hydrogen) atoms. The van der Waals surface area contributed by atoms with Gasteiger partial charge in [-0.25, -0.2) is 0 Å². The summed E-state index contributed by atoms with van der Waals surface area (Å²) in [5.74, 6) is 0.857. The molecule has 0 saturated carbocycles. The van der Waals surface area contributed by atoms with Crippen LogP contribution < -0.4 is 5.32 Å². The lowest BCUT2D eigenvalue weighted by Crippen LogP contribution is -2.45. The largest absolute Gasteiger partial charge is 0.361 e. The van der Waals surface area contributed by atoms with E-state index in [2.05, 4.69) is 10.3 Å². The lowest BCUT2D eigenvalue weighted by atomic mass is 10.1. The van der Waals surface area contributed by atoms with Gasteiger partial charge in [-0.15, -0.1) is 24.0 Å². The van der Waals surface area contributed by atoms with Crippen LogP contribution in [0.4, 0.5) is 0 Å². The first-order valence-electron chi connectivity index (χ1n) is 9.52. The number of nitrogens with one attached hydrogen (secondary N) is 2. The number of benzene rings is 1. The monoisotopic (exact) mass is 519 g/mol. The number of H-pyrrole nitrogens is 1. The minimum atomic E-state index is 0. The smallest absolute Gasteiger partial charge is 0.242 e. The number of hydrogen-bond acceptors (Lipinski definition) is 2. The van der Waals surface area contributed by atoms with E-state index in [9.17, 15) is 4.79 Å². The molecule has 1 aromatic heterocycles. The maximum atomic E-state index is 12.3. The Morgan fingerprint density at radius 1 is 1.25 bits per heavy atom. The summed E-state index contributed by atoms with van der Waals surface area (Å²) in [5, 5.41) is 5.13. The second kappa shape index (κ2) is 12.2. The third kappa shape index (κ3) is 6.55. The number of rotatable bonds is 8. The zero-order valence-electron chi connectivity index (χ0n) is 17.1. The average Bonchev–Trinajstić information content (AvgIpc) is 3.04. The number of carbonyl (C=O) groups excluding carboxylic acids is 1. The highest BCUT2D eigenvalue weighted by Crippen LogP contribution is 2.22. The van der Waals surface area contributed by atoms with Gasteiger partial charge in [0.1, 0.15) is 0 Å². The average molecular weight is 520 g/mol. The standard InChI is InChI=1S/C20H30ClN5O.HI/c1-5-22-20(25(4)14-19(27)26(6-2)7-3)23-11-10-15-13-24-18-9-8-16(21)12-17(15)18;/h8-9,12-13,24H,5-7,10-11,14H2,1-4H3,(H,22,23);1H. The number of aromatic amines is 1. The highest BCUT2D eigenvalue weighted by atomic mass is 127. The van der Waals surface area contributed by atoms with Crippen LogP contribution in [0.2, 0.25) is 5.02 Å². The van der Waals surface area contributed by atoms with Gasteiger partial charge in [-0.3, -0.25) is 9.79 Å². The Morgan fingerprint density at radius 3 is 2.61 bits per heavy atom. The molecule has 6 nitrogen and oxygen atoms in total. The molecule has 2 N–H and O–H groups in total. The molecule has 0 aliphatic carbocycles. The lowest BCUT2D eigenvalue weighted by molar-refractivity contribution is -0.131. The number of halogens is 2. The van der Waals surface area contributed by atoms with Crippen molar-refractivity contribution in [2.24, 2.45) is 4.99 Å². The number of likely N-dealkylation sites (N-methyl/N-ethyl adjacent to an activating group) is 2. The van der Waals surface area contributed by atoms with Crippen LogP contribution in [0.15, 0.2) is 29.4 Å². The van der Waals surface area contributed by atoms with E-state index in [0.29, 0.717) is 13.1 Å². The molecule has 0 spiro atoms. The Bertz CT molecular complexity index is 788. The van der Waals surface area contributed by atoms with Crippen LogP contribution in [0.3, 0.4) is 0 Å². The minimum absolute atomic E-state index is 0. The summed E-state index contributed by atoms with van der Waals surface area (Å²) in [6.07, 6.45) is 2.81. The SMILES string of the molecule is CCNC(=NCCc1c[nH]c2ccc(Cl)cc12)N(C)CC(=O)N(CC)CC.I. The van der Waals surface area contributed by atoms with Gasteiger partial charge in [0.05, 0.1) is 6.54 Å². The lowest BCUT2D eigenvalue weighted by Gasteiger charge is -2.25. The molecular formula is C20H31ClIN5O. The van der Waals surface area contributed by atoms with Crippen molar-refractivity contribution in [2.75, 3.05) is 39.8 Å². The first-order valence-corrected chi connectivity index (χ1v) is 9.90. The van der Waals surface area contributed by atoms with Crippen LogP contribution in [-0.4, -0.2) is 66.4 Å². The molecule has 156 valence electrons. The van der Waals surface area contributed by atoms with Crippen molar-refractivity contribution in [3.05, 3.63) is 35.0 Å². The molecule has 0 aliphatic heterocycles. The van der Waals surface area contributed by atoms with Crippen LogP contribution in [0.5, 0.6) is 0 Å². The van der Waals surface area contributed by atoms with Crippen molar-refractivity contribution >= 4 is 58.3 Å². The number of fused-ring (bicyclic) bond motifs is 1. The number of nitrogens with zero attached hydrogens (tertiary/aromatic N) is 3. The third-order valence-corrected chi connectivity index (χ3v) is 4.79. The summed E-state index contributed by atoms with van der Waals surface area (Å²) in [5.41, 5.74) is 2.26. The Hall–Kier alpha value is -1.48. The Balaban J connectivity index is 0.00000392. The Labute approximate surface area is 189 Å². The van der Waals surface area contributed by atoms with E-state index in [1.807, 2.05) is 62.0 Å². The fourth-order valence-electron chi connectivity index (χ4n) is 3.06. The van der Waals surface area contributed by atoms with Crippen LogP contribution in [-0.2, 0) is 11.2 Å². The van der Waals surface area contributed by atoms with Gasteiger partial charge in [0.2, 0.25) is 5.91 Å². The van der Waals surface area contributed by atoms with Crippen molar-refractivity contribution in [3.63, 3.8) is 0 Å². The number of aromatic nitrogens is 1. The van der Waals surface area contributed by atoms with Gasteiger partial charge in [-0.2, -0.15) is 0 Å². The van der Waals surface area contributed by atoms with Crippen molar-refractivity contribution in [2.45, 2.75) is 27.2 Å². The fourth-order valence-corrected chi connectivity index (χ4v) is 3.24. The molecule has 0 aliphatic rings. The molecule has 0 radical (unpaired) electrons. The third-order valence-electron chi connectivity index (χ3n) is 4.56. The molecule has 2 rings (SSSR count). The highest BCUT2D eigenvalue weighted by molar-refractivity contribution is 14.0. The normalized spacial score (nSPS) is 11.2. The first-order chi connectivity index (χ1) is 13.0. The molecule has 0 bridgehead atoms. The van der Waals surface area contributed by atoms with E-state index < -0.39 is 0 Å². The van der Waals surface area contributed by atoms with Gasteiger partial charge in [0, 0.05) is 55.3 Å². The predicted molar refractivity (Wildman–Crippen MR) is 129 cm³/mol. The number of hydrogen-bond donors (Lipinski definition) is 2. The van der Waals surface area contributed by atoms with Gasteiger partial charge >= 0.3 is 0 Å². The van der Waals surface area contributed by atoms with E-state index in [4.69, 9.17) is 16.6 Å². The number of aliphatic imine (C=N–C) groups is 1. The molecule has 8 heteroatoms. The zero-order valence-corrected chi connectivity index (χ0v) is 20.2. The molecule has 1 amide bonds. The summed E-state index contributed by atoms with van der Waals surface area (Å²) in [4.78, 5) is 24.0. The van der Waals surface area contributed by atoms with E-state index in [0.717, 1.165) is 47.9 Å². The molecule has 1 heterocycles. The van der Waals surface area contributed by atoms with Crippen molar-refractivity contribution in [3.8, 4) is 0 Å². The summed E-state index contributed by atoms with van der Waals surface area (Å²) in [6, 6.07) is 5.85. The molecule has 1 aromatic carbocycles. The van der Waals surface area contributed by atoms with Crippen LogP contribution in [0.1, 0.15) is 26.3 Å². The summed E-state index contributed by atoms with van der Waals surface area (Å²) < 4.78 is 0. The fraction of sp³-hybridized carbons (Fsp3) is 0.500. The molecule has 0 fully saturated rings. The Kier molecular flexibility index (Phi) is 10.7. The number of amides is 1. The Morgan fingerprint density at radius 2 is 1.96 bits per heavy atom. The summed E-state index contributed by atoms with van der Waals surface area (Å²) in [7, 11) is 1.90. The van der Waals surface area contributed by atoms with E-state index in [1.54, 1.807) is 0 Å². The van der Waals surface area contributed by atoms with E-state index in [-0.39, 0.29) is 29.9 Å². The van der Waals surface area contributed by atoms with Gasteiger partial charge in [0.25, 0.3) is 0 Å². The van der Waals surface area contributed by atoms with Crippen molar-refractivity contribution in [1.29, 1.82) is 0 Å². The quantitative estimate of drug-likeness (QED) is 0.317. The van der Waals surface area contributed by atoms with Gasteiger partial charge < -0.3 is 20.1 Å². The highest BCUT2D eigenvalue weighted by Gasteiger charge is 2.15. The first kappa shape index (κ1) is 24.6. The molecular weight excluding hydrogens is 489 g/mol. The minimum Gasteiger partial charge on any atom is -0.361 e. The number of carbonyl (C=O) groups is 1. The van der Waals surface area contributed by atoms with Gasteiger partial charge in [-0.1, -0.05) is 11.6 Å². The number of guanidine groups is 1. The van der Waals surface area contributed by atoms with E-state index >= 15 is 0 Å². The van der Waals surface area contributed by atoms with Gasteiger partial charge in [-0.05, 0) is 51.0 Å². The maximum Gasteiger partial charge on any atom is 0.242 e. The predicted octanol–water partition coefficient (Wildman–Crippen LogP) is 3.75. The summed E-state index contributed by atoms with van der Waals surface area (Å²) >= 11 is 6.12. The topological polar surface area (TPSA) is 63.7 Å². The van der Waals surface area contributed by atoms with E-state index in [1.165, 1.54) is 5.56 Å². The van der Waals surface area contributed by atoms with Crippen LogP contribution >= 0.6 is 35.6 Å². The second-order valence-corrected chi connectivity index (χ2v) is 6.85. The van der Waals surface area contributed by atoms with Crippen molar-refractivity contribution in [1.82, 2.24) is 20.1 Å². The molecule has 0 atom stereocenters. The summed E-state index contributed by atoms with van der Waals surface area (Å²) in [6.45, 7) is 9.16. The maximum absolute atomic E-state index is 12.3. The van der Waals surface area contributed by atoms with Crippen LogP contribution in [0, 0.1) is 0 Å². The van der Waals surface area contributed by atoms with Crippen LogP contribution in [0.25, 0.3) is 10.9 Å². The zero-order chi connectivity index (χ0) is 19.8. The molecule has 2 aromatic rings. The van der Waals surface area contributed by atoms with Gasteiger partial charge in [0.15, 0.2) is 5.96 Å². The molecule has 0 saturated heterocycles. The van der Waals surface area contributed by atoms with Crippen molar-refractivity contribution < 1.29 is 4.79 Å². The molecule has 0 unspecified atom stereocenters. The second-order valence-electron chi connectivity index (χ2n) is 6.41.